The van der Waals surface area contributed by atoms with Crippen molar-refractivity contribution in [1.82, 2.24) is 0 Å². The number of hydrogen-bond acceptors (Lipinski definition) is 2. The number of ketones is 1. The highest BCUT2D eigenvalue weighted by atomic mass is 16.3. The van der Waals surface area contributed by atoms with Gasteiger partial charge in [-0.2, -0.15) is 0 Å². The van der Waals surface area contributed by atoms with Gasteiger partial charge in [0.1, 0.15) is 5.75 Å². The van der Waals surface area contributed by atoms with Gasteiger partial charge in [-0.15, -0.1) is 0 Å². The molecule has 0 aliphatic carbocycles. The number of carbonyl (C=O) groups excluding carboxylic acids is 1. The van der Waals surface area contributed by atoms with Gasteiger partial charge in [0.25, 0.3) is 0 Å². The lowest BCUT2D eigenvalue weighted by Gasteiger charge is -2.07. The smallest absolute Gasteiger partial charge is 0.193 e. The first-order chi connectivity index (χ1) is 8.49. The number of aryl methyl sites for hydroxylation is 3. The molecule has 0 bridgehead atoms. The van der Waals surface area contributed by atoms with Crippen LogP contribution in [0.3, 0.4) is 0 Å². The van der Waals surface area contributed by atoms with Crippen molar-refractivity contribution in [2.75, 3.05) is 0 Å². The SMILES string of the molecule is Cc1ccc(C(=O)c2cc(C)c(O)c(C)c2)cc1. The zero-order chi connectivity index (χ0) is 13.3. The lowest BCUT2D eigenvalue weighted by atomic mass is 9.98. The summed E-state index contributed by atoms with van der Waals surface area (Å²) in [7, 11) is 0. The molecular formula is C16H16O2. The zero-order valence-corrected chi connectivity index (χ0v) is 10.8. The Morgan fingerprint density at radius 3 is 1.89 bits per heavy atom. The molecule has 0 unspecified atom stereocenters. The van der Waals surface area contributed by atoms with E-state index in [2.05, 4.69) is 0 Å². The number of benzene rings is 2. The molecule has 2 aromatic rings. The third-order valence-corrected chi connectivity index (χ3v) is 3.07. The van der Waals surface area contributed by atoms with Crippen LogP contribution in [0.4, 0.5) is 0 Å². The van der Waals surface area contributed by atoms with E-state index in [4.69, 9.17) is 0 Å². The molecule has 2 nitrogen and oxygen atoms in total. The molecule has 2 rings (SSSR count). The molecular weight excluding hydrogens is 224 g/mol. The van der Waals surface area contributed by atoms with E-state index in [-0.39, 0.29) is 11.5 Å². The van der Waals surface area contributed by atoms with E-state index in [1.807, 2.05) is 31.2 Å². The molecule has 0 amide bonds. The Morgan fingerprint density at radius 1 is 0.889 bits per heavy atom. The fraction of sp³-hybridized carbons (Fsp3) is 0.188. The predicted molar refractivity (Wildman–Crippen MR) is 72.2 cm³/mol. The maximum absolute atomic E-state index is 12.3. The van der Waals surface area contributed by atoms with Gasteiger partial charge in [-0.25, -0.2) is 0 Å². The van der Waals surface area contributed by atoms with Gasteiger partial charge in [0.15, 0.2) is 5.78 Å². The second-order valence-electron chi connectivity index (χ2n) is 4.65. The first-order valence-electron chi connectivity index (χ1n) is 5.90. The van der Waals surface area contributed by atoms with E-state index >= 15 is 0 Å². The van der Waals surface area contributed by atoms with Crippen molar-refractivity contribution in [1.29, 1.82) is 0 Å². The molecule has 0 radical (unpaired) electrons. The number of carbonyl (C=O) groups is 1. The predicted octanol–water partition coefficient (Wildman–Crippen LogP) is 3.55. The Labute approximate surface area is 107 Å². The van der Waals surface area contributed by atoms with Crippen LogP contribution in [0.2, 0.25) is 0 Å². The molecule has 0 aliphatic rings. The summed E-state index contributed by atoms with van der Waals surface area (Å²) in [6.07, 6.45) is 0. The standard InChI is InChI=1S/C16H16O2/c1-10-4-6-13(7-5-10)16(18)14-8-11(2)15(17)12(3)9-14/h4-9,17H,1-3H3. The van der Waals surface area contributed by atoms with Gasteiger partial charge in [-0.05, 0) is 44.0 Å². The van der Waals surface area contributed by atoms with Gasteiger partial charge in [-0.3, -0.25) is 4.79 Å². The first-order valence-corrected chi connectivity index (χ1v) is 5.90. The molecule has 1 N–H and O–H groups in total. The normalized spacial score (nSPS) is 10.4. The summed E-state index contributed by atoms with van der Waals surface area (Å²) >= 11 is 0. The Bertz CT molecular complexity index is 572. The monoisotopic (exact) mass is 240 g/mol. The van der Waals surface area contributed by atoms with Crippen LogP contribution in [-0.4, -0.2) is 10.9 Å². The number of hydrogen-bond donors (Lipinski definition) is 1. The molecule has 2 aromatic carbocycles. The second-order valence-corrected chi connectivity index (χ2v) is 4.65. The number of phenols is 1. The van der Waals surface area contributed by atoms with Crippen molar-refractivity contribution < 1.29 is 9.90 Å². The topological polar surface area (TPSA) is 37.3 Å². The summed E-state index contributed by atoms with van der Waals surface area (Å²) < 4.78 is 0. The van der Waals surface area contributed by atoms with Crippen molar-refractivity contribution in [3.63, 3.8) is 0 Å². The minimum absolute atomic E-state index is 0.0128. The van der Waals surface area contributed by atoms with Crippen LogP contribution >= 0.6 is 0 Å². The van der Waals surface area contributed by atoms with E-state index in [0.717, 1.165) is 16.7 Å². The quantitative estimate of drug-likeness (QED) is 0.815. The van der Waals surface area contributed by atoms with Crippen molar-refractivity contribution in [2.45, 2.75) is 20.8 Å². The van der Waals surface area contributed by atoms with Crippen LogP contribution in [0.5, 0.6) is 5.75 Å². The van der Waals surface area contributed by atoms with Crippen molar-refractivity contribution >= 4 is 5.78 Å². The van der Waals surface area contributed by atoms with Gasteiger partial charge in [0, 0.05) is 11.1 Å². The van der Waals surface area contributed by atoms with Crippen molar-refractivity contribution in [3.8, 4) is 5.75 Å². The summed E-state index contributed by atoms with van der Waals surface area (Å²) in [5, 5.41) is 9.71. The van der Waals surface area contributed by atoms with Gasteiger partial charge < -0.3 is 5.11 Å². The number of aromatic hydroxyl groups is 1. The van der Waals surface area contributed by atoms with E-state index in [1.54, 1.807) is 26.0 Å². The van der Waals surface area contributed by atoms with Crippen LogP contribution in [0, 0.1) is 20.8 Å². The van der Waals surface area contributed by atoms with Crippen molar-refractivity contribution in [2.24, 2.45) is 0 Å². The minimum atomic E-state index is -0.0128. The zero-order valence-electron chi connectivity index (χ0n) is 10.8. The summed E-state index contributed by atoms with van der Waals surface area (Å²) in [6.45, 7) is 5.59. The molecule has 0 atom stereocenters. The van der Waals surface area contributed by atoms with Crippen LogP contribution in [0.1, 0.15) is 32.6 Å². The maximum atomic E-state index is 12.3. The summed E-state index contributed by atoms with van der Waals surface area (Å²) in [5.74, 6) is 0.247. The molecule has 0 spiro atoms. The molecule has 92 valence electrons. The Kier molecular flexibility index (Phi) is 3.19. The second kappa shape index (κ2) is 4.65. The molecule has 0 saturated heterocycles. The van der Waals surface area contributed by atoms with Crippen LogP contribution in [-0.2, 0) is 0 Å². The summed E-state index contributed by atoms with van der Waals surface area (Å²) in [6, 6.07) is 11.0. The number of rotatable bonds is 2. The maximum Gasteiger partial charge on any atom is 0.193 e. The highest BCUT2D eigenvalue weighted by Crippen LogP contribution is 2.24. The third-order valence-electron chi connectivity index (χ3n) is 3.07. The van der Waals surface area contributed by atoms with E-state index < -0.39 is 0 Å². The van der Waals surface area contributed by atoms with Gasteiger partial charge in [-0.1, -0.05) is 29.8 Å². The fourth-order valence-electron chi connectivity index (χ4n) is 1.96. The molecule has 0 aliphatic heterocycles. The lowest BCUT2D eigenvalue weighted by Crippen LogP contribution is -2.02. The highest BCUT2D eigenvalue weighted by Gasteiger charge is 2.12. The van der Waals surface area contributed by atoms with Gasteiger partial charge in [0.2, 0.25) is 0 Å². The average Bonchev–Trinajstić information content (AvgIpc) is 2.35. The summed E-state index contributed by atoms with van der Waals surface area (Å²) in [4.78, 5) is 12.3. The van der Waals surface area contributed by atoms with Crippen molar-refractivity contribution in [3.05, 3.63) is 64.2 Å². The fourth-order valence-corrected chi connectivity index (χ4v) is 1.96. The molecule has 0 heterocycles. The Hall–Kier alpha value is -2.09. The van der Waals surface area contributed by atoms with E-state index in [9.17, 15) is 9.90 Å². The molecule has 0 aromatic heterocycles. The third kappa shape index (κ3) is 2.28. The van der Waals surface area contributed by atoms with Crippen LogP contribution < -0.4 is 0 Å². The van der Waals surface area contributed by atoms with Crippen LogP contribution in [0.15, 0.2) is 36.4 Å². The largest absolute Gasteiger partial charge is 0.507 e. The summed E-state index contributed by atoms with van der Waals surface area (Å²) in [5.41, 5.74) is 3.87. The average molecular weight is 240 g/mol. The highest BCUT2D eigenvalue weighted by molar-refractivity contribution is 6.09. The molecule has 0 saturated carbocycles. The van der Waals surface area contributed by atoms with E-state index in [1.165, 1.54) is 0 Å². The number of phenolic OH excluding ortho intramolecular Hbond substituents is 1. The Balaban J connectivity index is 2.43. The van der Waals surface area contributed by atoms with Gasteiger partial charge >= 0.3 is 0 Å². The molecule has 0 fully saturated rings. The minimum Gasteiger partial charge on any atom is -0.507 e. The molecule has 2 heteroatoms. The lowest BCUT2D eigenvalue weighted by molar-refractivity contribution is 0.103. The first kappa shape index (κ1) is 12.4. The van der Waals surface area contributed by atoms with E-state index in [0.29, 0.717) is 11.1 Å². The van der Waals surface area contributed by atoms with Crippen LogP contribution in [0.25, 0.3) is 0 Å². The molecule has 18 heavy (non-hydrogen) atoms. The Morgan fingerprint density at radius 2 is 1.39 bits per heavy atom. The van der Waals surface area contributed by atoms with Gasteiger partial charge in [0.05, 0.1) is 0 Å².